The number of hydrogen-bond acceptors (Lipinski definition) is 4. The number of rotatable bonds is 8. The molecule has 1 aliphatic heterocycles. The Morgan fingerprint density at radius 1 is 1.12 bits per heavy atom. The van der Waals surface area contributed by atoms with E-state index in [2.05, 4.69) is 17.4 Å². The topological polar surface area (TPSA) is 53.9 Å². The first-order valence-electron chi connectivity index (χ1n) is 11.6. The van der Waals surface area contributed by atoms with Crippen LogP contribution in [0.2, 0.25) is 0 Å². The van der Waals surface area contributed by atoms with E-state index in [1.807, 2.05) is 92.4 Å². The van der Waals surface area contributed by atoms with E-state index < -0.39 is 0 Å². The average molecular weight is 434 g/mol. The molecule has 5 nitrogen and oxygen atoms in total. The van der Waals surface area contributed by atoms with E-state index in [4.69, 9.17) is 4.84 Å². The molecule has 0 bridgehead atoms. The predicted octanol–water partition coefficient (Wildman–Crippen LogP) is 5.86. The third-order valence-corrected chi connectivity index (χ3v) is 5.53. The van der Waals surface area contributed by atoms with Crippen LogP contribution in [-0.2, 0) is 9.63 Å². The summed E-state index contributed by atoms with van der Waals surface area (Å²) < 4.78 is 0. The van der Waals surface area contributed by atoms with Crippen molar-refractivity contribution in [3.8, 4) is 0 Å². The molecular formula is C27H35N3O2. The monoisotopic (exact) mass is 433 g/mol. The van der Waals surface area contributed by atoms with Crippen molar-refractivity contribution in [1.82, 2.24) is 5.32 Å². The molecule has 0 spiro atoms. The van der Waals surface area contributed by atoms with Gasteiger partial charge in [0, 0.05) is 11.3 Å². The summed E-state index contributed by atoms with van der Waals surface area (Å²) in [5, 5.41) is 7.42. The highest BCUT2D eigenvalue weighted by Gasteiger charge is 2.43. The van der Waals surface area contributed by atoms with Crippen molar-refractivity contribution in [2.24, 2.45) is 11.1 Å². The van der Waals surface area contributed by atoms with Crippen LogP contribution in [0.1, 0.15) is 58.6 Å². The summed E-state index contributed by atoms with van der Waals surface area (Å²) in [5.41, 5.74) is 3.36. The molecule has 2 aromatic rings. The first kappa shape index (κ1) is 23.7. The number of amides is 1. The summed E-state index contributed by atoms with van der Waals surface area (Å²) in [7, 11) is 0. The number of carbonyl (C=O) groups excluding carboxylic acids is 1. The van der Waals surface area contributed by atoms with Crippen LogP contribution in [0.5, 0.6) is 0 Å². The summed E-state index contributed by atoms with van der Waals surface area (Å²) in [6, 6.07) is 19.7. The molecule has 170 valence electrons. The number of nitrogens with zero attached hydrogens (tertiary/aromatic N) is 2. The number of para-hydroxylation sites is 1. The second-order valence-electron chi connectivity index (χ2n) is 8.40. The Hall–Kier alpha value is -2.92. The zero-order valence-electron chi connectivity index (χ0n) is 19.6. The lowest BCUT2D eigenvalue weighted by Crippen LogP contribution is -2.49. The Bertz CT molecular complexity index is 920. The number of anilines is 1. The maximum absolute atomic E-state index is 12.9. The lowest BCUT2D eigenvalue weighted by molar-refractivity contribution is -0.119. The SMILES string of the molecule is CC1CC1.CCNC(CC)ON=C(C)C=C1C(=O)N(c2ccccc2)C1c1ccccc1. The minimum atomic E-state index is -0.128. The highest BCUT2D eigenvalue weighted by Crippen LogP contribution is 2.42. The van der Waals surface area contributed by atoms with E-state index in [0.29, 0.717) is 5.71 Å². The zero-order chi connectivity index (χ0) is 22.9. The molecule has 0 radical (unpaired) electrons. The number of nitrogens with one attached hydrogen (secondary N) is 1. The Balaban J connectivity index is 0.000000650. The lowest BCUT2D eigenvalue weighted by atomic mass is 9.86. The fourth-order valence-corrected chi connectivity index (χ4v) is 3.45. The molecule has 1 saturated heterocycles. The van der Waals surface area contributed by atoms with Crippen molar-refractivity contribution in [1.29, 1.82) is 0 Å². The van der Waals surface area contributed by atoms with E-state index in [9.17, 15) is 4.79 Å². The van der Waals surface area contributed by atoms with Gasteiger partial charge in [-0.05, 0) is 49.6 Å². The number of hydrogen-bond donors (Lipinski definition) is 1. The van der Waals surface area contributed by atoms with Gasteiger partial charge in [-0.15, -0.1) is 0 Å². The van der Waals surface area contributed by atoms with Crippen molar-refractivity contribution in [3.05, 3.63) is 77.9 Å². The summed E-state index contributed by atoms with van der Waals surface area (Å²) in [5.74, 6) is 1.08. The van der Waals surface area contributed by atoms with Gasteiger partial charge in [-0.3, -0.25) is 15.0 Å². The van der Waals surface area contributed by atoms with Crippen LogP contribution >= 0.6 is 0 Å². The molecule has 2 unspecified atom stereocenters. The van der Waals surface area contributed by atoms with E-state index >= 15 is 0 Å². The number of benzene rings is 2. The molecular weight excluding hydrogens is 398 g/mol. The standard InChI is InChI=1S/C23H27N3O2.C4H8/c1-4-21(24-5-2)28-25-17(3)16-20-22(18-12-8-6-9-13-18)26(23(20)27)19-14-10-7-11-15-19;1-4-2-3-4/h6-16,21-22,24H,4-5H2,1-3H3;4H,2-3H2,1H3. The van der Waals surface area contributed by atoms with E-state index in [0.717, 1.165) is 35.7 Å². The quantitative estimate of drug-likeness (QED) is 0.187. The van der Waals surface area contributed by atoms with Crippen molar-refractivity contribution in [2.45, 2.75) is 59.2 Å². The Morgan fingerprint density at radius 3 is 2.25 bits per heavy atom. The van der Waals surface area contributed by atoms with Crippen LogP contribution in [0.25, 0.3) is 0 Å². The summed E-state index contributed by atoms with van der Waals surface area (Å²) in [4.78, 5) is 20.3. The van der Waals surface area contributed by atoms with Gasteiger partial charge in [0.05, 0.1) is 11.8 Å². The molecule has 5 heteroatoms. The highest BCUT2D eigenvalue weighted by atomic mass is 16.6. The predicted molar refractivity (Wildman–Crippen MR) is 132 cm³/mol. The normalized spacial score (nSPS) is 20.3. The van der Waals surface area contributed by atoms with Gasteiger partial charge in [0.25, 0.3) is 5.91 Å². The van der Waals surface area contributed by atoms with Crippen LogP contribution in [0.3, 0.4) is 0 Å². The highest BCUT2D eigenvalue weighted by molar-refractivity contribution is 6.18. The number of β-lactam (4-membered cyclic amide) rings is 1. The van der Waals surface area contributed by atoms with Crippen molar-refractivity contribution in [2.75, 3.05) is 11.4 Å². The van der Waals surface area contributed by atoms with Gasteiger partial charge in [-0.25, -0.2) is 0 Å². The molecule has 1 N–H and O–H groups in total. The third kappa shape index (κ3) is 6.30. The van der Waals surface area contributed by atoms with Gasteiger partial charge >= 0.3 is 0 Å². The van der Waals surface area contributed by atoms with Gasteiger partial charge in [0.15, 0.2) is 6.23 Å². The maximum Gasteiger partial charge on any atom is 0.257 e. The third-order valence-electron chi connectivity index (χ3n) is 5.53. The lowest BCUT2D eigenvalue weighted by Gasteiger charge is -2.43. The second kappa shape index (κ2) is 11.6. The van der Waals surface area contributed by atoms with Crippen LogP contribution in [0, 0.1) is 5.92 Å². The van der Waals surface area contributed by atoms with Gasteiger partial charge < -0.3 is 4.84 Å². The van der Waals surface area contributed by atoms with Crippen LogP contribution in [0.15, 0.2) is 77.5 Å². The minimum Gasteiger partial charge on any atom is -0.376 e. The molecule has 4 rings (SSSR count). The van der Waals surface area contributed by atoms with E-state index in [1.165, 1.54) is 12.8 Å². The Labute approximate surface area is 192 Å². The van der Waals surface area contributed by atoms with E-state index in [1.54, 1.807) is 0 Å². The molecule has 1 amide bonds. The zero-order valence-corrected chi connectivity index (χ0v) is 19.6. The molecule has 0 aromatic heterocycles. The van der Waals surface area contributed by atoms with Crippen molar-refractivity contribution in [3.63, 3.8) is 0 Å². The smallest absolute Gasteiger partial charge is 0.257 e. The molecule has 1 saturated carbocycles. The fraction of sp³-hybridized carbons (Fsp3) is 0.407. The summed E-state index contributed by atoms with van der Waals surface area (Å²) >= 11 is 0. The molecule has 2 fully saturated rings. The van der Waals surface area contributed by atoms with E-state index in [-0.39, 0.29) is 18.2 Å². The number of carbonyl (C=O) groups is 1. The van der Waals surface area contributed by atoms with Crippen LogP contribution in [0.4, 0.5) is 5.69 Å². The molecule has 32 heavy (non-hydrogen) atoms. The molecule has 1 heterocycles. The van der Waals surface area contributed by atoms with Crippen molar-refractivity contribution < 1.29 is 9.63 Å². The molecule has 2 atom stereocenters. The van der Waals surface area contributed by atoms with Crippen LogP contribution < -0.4 is 10.2 Å². The van der Waals surface area contributed by atoms with Crippen molar-refractivity contribution >= 4 is 17.3 Å². The first-order chi connectivity index (χ1) is 15.5. The van der Waals surface area contributed by atoms with Gasteiger partial charge in [0.2, 0.25) is 0 Å². The summed E-state index contributed by atoms with van der Waals surface area (Å²) in [6.45, 7) is 9.01. The number of allylic oxidation sites excluding steroid dienone is 1. The number of oxime groups is 1. The van der Waals surface area contributed by atoms with Crippen LogP contribution in [-0.4, -0.2) is 24.4 Å². The Kier molecular flexibility index (Phi) is 8.63. The first-order valence-corrected chi connectivity index (χ1v) is 11.6. The maximum atomic E-state index is 12.9. The molecule has 2 aliphatic rings. The van der Waals surface area contributed by atoms with Gasteiger partial charge in [0.1, 0.15) is 0 Å². The summed E-state index contributed by atoms with van der Waals surface area (Å²) in [6.07, 6.45) is 5.49. The van der Waals surface area contributed by atoms with Gasteiger partial charge in [-0.2, -0.15) is 0 Å². The Morgan fingerprint density at radius 2 is 1.72 bits per heavy atom. The minimum absolute atomic E-state index is 0.00618. The fourth-order valence-electron chi connectivity index (χ4n) is 3.45. The van der Waals surface area contributed by atoms with Gasteiger partial charge in [-0.1, -0.05) is 87.3 Å². The molecule has 2 aromatic carbocycles. The second-order valence-corrected chi connectivity index (χ2v) is 8.40. The average Bonchev–Trinajstić information content (AvgIpc) is 3.61. The molecule has 1 aliphatic carbocycles. The largest absolute Gasteiger partial charge is 0.376 e.